The lowest BCUT2D eigenvalue weighted by Crippen LogP contribution is -2.35. The van der Waals surface area contributed by atoms with E-state index in [2.05, 4.69) is 20.9 Å². The first-order valence-electron chi connectivity index (χ1n) is 8.97. The third-order valence-corrected chi connectivity index (χ3v) is 4.51. The van der Waals surface area contributed by atoms with Crippen LogP contribution in [-0.4, -0.2) is 24.0 Å². The van der Waals surface area contributed by atoms with Crippen LogP contribution in [0.4, 0.5) is 5.82 Å². The number of benzene rings is 2. The van der Waals surface area contributed by atoms with Gasteiger partial charge in [-0.05, 0) is 64.8 Å². The molecular weight excluding hydrogens is 420 g/mol. The number of carbonyl (C=O) groups excluding carboxylic acids is 1. The van der Waals surface area contributed by atoms with E-state index < -0.39 is 0 Å². The van der Waals surface area contributed by atoms with Gasteiger partial charge in [-0.1, -0.05) is 30.3 Å². The molecule has 0 radical (unpaired) electrons. The Morgan fingerprint density at radius 2 is 1.64 bits per heavy atom. The summed E-state index contributed by atoms with van der Waals surface area (Å²) in [6, 6.07) is 20.9. The Morgan fingerprint density at radius 1 is 0.964 bits per heavy atom. The summed E-state index contributed by atoms with van der Waals surface area (Å²) in [6.45, 7) is 2.87. The predicted molar refractivity (Wildman–Crippen MR) is 113 cm³/mol. The van der Waals surface area contributed by atoms with Crippen LogP contribution in [0.1, 0.15) is 12.5 Å². The minimum Gasteiger partial charge on any atom is -0.489 e. The molecule has 0 N–H and O–H groups in total. The highest BCUT2D eigenvalue weighted by Crippen LogP contribution is 2.19. The monoisotopic (exact) mass is 440 g/mol. The molecule has 0 saturated carbocycles. The maximum atomic E-state index is 12.5. The van der Waals surface area contributed by atoms with Crippen molar-refractivity contribution in [3.05, 3.63) is 83.0 Å². The minimum absolute atomic E-state index is 0.0597. The van der Waals surface area contributed by atoms with Crippen LogP contribution in [0.5, 0.6) is 11.5 Å². The van der Waals surface area contributed by atoms with Crippen LogP contribution >= 0.6 is 15.9 Å². The number of ether oxygens (including phenoxy) is 2. The lowest BCUT2D eigenvalue weighted by molar-refractivity contribution is -0.120. The van der Waals surface area contributed by atoms with Crippen molar-refractivity contribution in [3.8, 4) is 11.5 Å². The van der Waals surface area contributed by atoms with E-state index in [-0.39, 0.29) is 12.5 Å². The fourth-order valence-corrected chi connectivity index (χ4v) is 2.82. The van der Waals surface area contributed by atoms with E-state index in [0.29, 0.717) is 24.7 Å². The number of anilines is 1. The average molecular weight is 441 g/mol. The van der Waals surface area contributed by atoms with Gasteiger partial charge in [0.05, 0.1) is 0 Å². The molecule has 0 saturated heterocycles. The molecule has 0 atom stereocenters. The first kappa shape index (κ1) is 19.9. The Labute approximate surface area is 173 Å². The lowest BCUT2D eigenvalue weighted by atomic mass is 10.2. The summed E-state index contributed by atoms with van der Waals surface area (Å²) < 4.78 is 12.2. The molecule has 0 unspecified atom stereocenters. The molecule has 0 aliphatic rings. The van der Waals surface area contributed by atoms with Gasteiger partial charge in [0.1, 0.15) is 23.9 Å². The highest BCUT2D eigenvalue weighted by atomic mass is 79.9. The average Bonchev–Trinajstić information content (AvgIpc) is 2.74. The number of halogens is 1. The van der Waals surface area contributed by atoms with E-state index in [9.17, 15) is 4.79 Å². The van der Waals surface area contributed by atoms with E-state index in [4.69, 9.17) is 9.47 Å². The molecule has 1 amide bonds. The molecule has 5 nitrogen and oxygen atoms in total. The van der Waals surface area contributed by atoms with E-state index in [1.807, 2.05) is 55.5 Å². The molecule has 1 aromatic heterocycles. The molecule has 0 bridgehead atoms. The van der Waals surface area contributed by atoms with Crippen LogP contribution in [0.25, 0.3) is 0 Å². The number of hydrogen-bond donors (Lipinski definition) is 0. The number of carbonyl (C=O) groups is 1. The number of aromatic nitrogens is 1. The van der Waals surface area contributed by atoms with E-state index >= 15 is 0 Å². The van der Waals surface area contributed by atoms with Crippen molar-refractivity contribution >= 4 is 27.7 Å². The van der Waals surface area contributed by atoms with Gasteiger partial charge in [0.15, 0.2) is 6.61 Å². The number of nitrogens with zero attached hydrogens (tertiary/aromatic N) is 2. The summed E-state index contributed by atoms with van der Waals surface area (Å²) in [5.41, 5.74) is 1.11. The largest absolute Gasteiger partial charge is 0.489 e. The van der Waals surface area contributed by atoms with Gasteiger partial charge in [0, 0.05) is 17.2 Å². The summed E-state index contributed by atoms with van der Waals surface area (Å²) in [4.78, 5) is 18.3. The number of rotatable bonds is 8. The molecule has 3 aromatic rings. The molecule has 3 rings (SSSR count). The van der Waals surface area contributed by atoms with Gasteiger partial charge in [-0.3, -0.25) is 9.69 Å². The summed E-state index contributed by atoms with van der Waals surface area (Å²) >= 11 is 3.34. The second-order valence-corrected chi connectivity index (χ2v) is 6.92. The zero-order valence-corrected chi connectivity index (χ0v) is 17.1. The predicted octanol–water partition coefficient (Wildman–Crippen LogP) is 4.86. The number of amides is 1. The third kappa shape index (κ3) is 5.57. The number of hydrogen-bond acceptors (Lipinski definition) is 4. The molecule has 0 fully saturated rings. The molecular formula is C22H21BrN2O3. The van der Waals surface area contributed by atoms with Crippen molar-refractivity contribution in [3.63, 3.8) is 0 Å². The van der Waals surface area contributed by atoms with E-state index in [1.165, 1.54) is 0 Å². The Bertz CT molecular complexity index is 884. The van der Waals surface area contributed by atoms with E-state index in [1.54, 1.807) is 29.3 Å². The van der Waals surface area contributed by atoms with Gasteiger partial charge in [-0.25, -0.2) is 4.98 Å². The van der Waals surface area contributed by atoms with Crippen LogP contribution in [0.2, 0.25) is 0 Å². The molecule has 0 aliphatic heterocycles. The van der Waals surface area contributed by atoms with Crippen molar-refractivity contribution in [2.24, 2.45) is 0 Å². The van der Waals surface area contributed by atoms with Crippen molar-refractivity contribution < 1.29 is 14.3 Å². The van der Waals surface area contributed by atoms with Crippen molar-refractivity contribution in [1.82, 2.24) is 4.98 Å². The van der Waals surface area contributed by atoms with Gasteiger partial charge in [0.2, 0.25) is 0 Å². The van der Waals surface area contributed by atoms with Gasteiger partial charge in [0.25, 0.3) is 5.91 Å². The maximum Gasteiger partial charge on any atom is 0.266 e. The summed E-state index contributed by atoms with van der Waals surface area (Å²) in [7, 11) is 0. The first-order chi connectivity index (χ1) is 13.7. The Hall–Kier alpha value is -2.86. The van der Waals surface area contributed by atoms with Gasteiger partial charge >= 0.3 is 0 Å². The zero-order chi connectivity index (χ0) is 19.8. The molecule has 144 valence electrons. The minimum atomic E-state index is -0.151. The summed E-state index contributed by atoms with van der Waals surface area (Å²) in [5, 5.41) is 0. The van der Waals surface area contributed by atoms with Crippen LogP contribution in [0, 0.1) is 0 Å². The van der Waals surface area contributed by atoms with Crippen LogP contribution < -0.4 is 14.4 Å². The van der Waals surface area contributed by atoms with Crippen molar-refractivity contribution in [1.29, 1.82) is 0 Å². The Morgan fingerprint density at radius 3 is 2.25 bits per heavy atom. The number of pyridine rings is 1. The van der Waals surface area contributed by atoms with Crippen molar-refractivity contribution in [2.75, 3.05) is 18.1 Å². The van der Waals surface area contributed by atoms with Crippen LogP contribution in [0.3, 0.4) is 0 Å². The molecule has 6 heteroatoms. The third-order valence-electron chi connectivity index (χ3n) is 4.04. The van der Waals surface area contributed by atoms with Gasteiger partial charge < -0.3 is 9.47 Å². The molecule has 0 aliphatic carbocycles. The smallest absolute Gasteiger partial charge is 0.266 e. The fraction of sp³-hybridized carbons (Fsp3) is 0.182. The fourth-order valence-electron chi connectivity index (χ4n) is 2.59. The Balaban J connectivity index is 1.52. The quantitative estimate of drug-likeness (QED) is 0.501. The molecule has 28 heavy (non-hydrogen) atoms. The maximum absolute atomic E-state index is 12.5. The summed E-state index contributed by atoms with van der Waals surface area (Å²) in [5.74, 6) is 1.81. The van der Waals surface area contributed by atoms with Gasteiger partial charge in [-0.2, -0.15) is 0 Å². The normalized spacial score (nSPS) is 10.4. The Kier molecular flexibility index (Phi) is 7.03. The molecule has 1 heterocycles. The van der Waals surface area contributed by atoms with E-state index in [0.717, 1.165) is 15.8 Å². The van der Waals surface area contributed by atoms with Crippen LogP contribution in [-0.2, 0) is 11.4 Å². The number of likely N-dealkylation sites (N-methyl/N-ethyl adjacent to an activating group) is 1. The van der Waals surface area contributed by atoms with Gasteiger partial charge in [-0.15, -0.1) is 0 Å². The first-order valence-corrected chi connectivity index (χ1v) is 9.76. The highest BCUT2D eigenvalue weighted by molar-refractivity contribution is 9.10. The standard InChI is InChI=1S/C22H21BrN2O3/c1-2-25(21-13-8-18(23)14-24-21)22(26)16-28-20-11-9-19(10-12-20)27-15-17-6-4-3-5-7-17/h3-14H,2,15-16H2,1H3. The zero-order valence-electron chi connectivity index (χ0n) is 15.5. The lowest BCUT2D eigenvalue weighted by Gasteiger charge is -2.20. The highest BCUT2D eigenvalue weighted by Gasteiger charge is 2.15. The summed E-state index contributed by atoms with van der Waals surface area (Å²) in [6.07, 6.45) is 1.67. The second kappa shape index (κ2) is 9.90. The topological polar surface area (TPSA) is 51.7 Å². The SMILES string of the molecule is CCN(C(=O)COc1ccc(OCc2ccccc2)cc1)c1ccc(Br)cn1. The van der Waals surface area contributed by atoms with Crippen molar-refractivity contribution in [2.45, 2.75) is 13.5 Å². The second-order valence-electron chi connectivity index (χ2n) is 6.01. The molecule has 2 aromatic carbocycles. The molecule has 0 spiro atoms. The van der Waals surface area contributed by atoms with Crippen LogP contribution in [0.15, 0.2) is 77.4 Å².